The van der Waals surface area contributed by atoms with Gasteiger partial charge in [-0.1, -0.05) is 13.8 Å². The van der Waals surface area contributed by atoms with Crippen LogP contribution in [0.15, 0.2) is 90.7 Å². The van der Waals surface area contributed by atoms with Crippen LogP contribution in [0, 0.1) is 20.8 Å². The number of aryl methyl sites for hydroxylation is 3. The summed E-state index contributed by atoms with van der Waals surface area (Å²) in [6.45, 7) is 14.4. The summed E-state index contributed by atoms with van der Waals surface area (Å²) in [5.41, 5.74) is -4.94. The van der Waals surface area contributed by atoms with E-state index in [1.54, 1.807) is 6.92 Å². The molecule has 0 radical (unpaired) electrons. The lowest BCUT2D eigenvalue weighted by molar-refractivity contribution is -0.197. The largest absolute Gasteiger partial charge is 0.469 e. The Bertz CT molecular complexity index is 4300. The quantitative estimate of drug-likeness (QED) is 0.0516. The Balaban J connectivity index is 0.000000157. The van der Waals surface area contributed by atoms with E-state index in [0.717, 1.165) is 44.9 Å². The number of aromatic amines is 5. The van der Waals surface area contributed by atoms with E-state index in [0.29, 0.717) is 11.4 Å². The molecule has 7 aliphatic heterocycles. The molecule has 20 atom stereocenters. The van der Waals surface area contributed by atoms with Crippen LogP contribution in [0.5, 0.6) is 0 Å². The van der Waals surface area contributed by atoms with E-state index < -0.39 is 182 Å². The van der Waals surface area contributed by atoms with E-state index >= 15 is 0 Å². The first-order chi connectivity index (χ1) is 45.8. The Kier molecular flexibility index (Phi) is 24.0. The SMILES string of the molecule is CC[C@H]1O[C@@H](n2c(C)cc(=O)[nH]c2=O)C2OC(C)(C)O[C@H]21.CC[C@H]1O[C@@H](n2ccc(=O)[nH]c2=O)C2OC(C)(C)O[C@H]21.Cc1cc(=O)[nH]c(=O)n1[C@@H]1O[C@H](CO)[C@H](O)C1O.Cc1cc(=O)[nH]c(=O)n1[C@@H]1O[C@H](COP(=O)(O)O)[C@H](O)C1O.O=c1ccn([C@@H]2O[C@H](CO)[C@H](O)C2O)c(=O)[nH]1. The first-order valence-electron chi connectivity index (χ1n) is 30.4. The van der Waals surface area contributed by atoms with Crippen molar-refractivity contribution in [3.63, 3.8) is 0 Å². The third-order valence-corrected chi connectivity index (χ3v) is 16.8. The number of aliphatic hydroxyl groups is 8. The number of fused-ring (bicyclic) bond motifs is 2. The Morgan fingerprint density at radius 1 is 0.429 bits per heavy atom. The van der Waals surface area contributed by atoms with Crippen LogP contribution in [0.25, 0.3) is 0 Å². The number of H-pyrrole nitrogens is 5. The van der Waals surface area contributed by atoms with Gasteiger partial charge in [0.25, 0.3) is 27.8 Å². The van der Waals surface area contributed by atoms with E-state index in [2.05, 4.69) is 14.5 Å². The average molecular weight is 1420 g/mol. The molecule has 7 saturated heterocycles. The van der Waals surface area contributed by atoms with E-state index in [9.17, 15) is 83.1 Å². The van der Waals surface area contributed by atoms with Gasteiger partial charge in [0.2, 0.25) is 0 Å². The number of aromatic nitrogens is 10. The molecule has 7 fully saturated rings. The summed E-state index contributed by atoms with van der Waals surface area (Å²) in [7, 11) is -4.77. The zero-order valence-corrected chi connectivity index (χ0v) is 54.7. The lowest BCUT2D eigenvalue weighted by atomic mass is 10.1. The van der Waals surface area contributed by atoms with Gasteiger partial charge in [0.1, 0.15) is 79.4 Å². The highest BCUT2D eigenvalue weighted by Crippen LogP contribution is 2.45. The molecule has 12 rings (SSSR count). The smallest absolute Gasteiger partial charge is 0.394 e. The minimum absolute atomic E-state index is 0.134. The van der Waals surface area contributed by atoms with Crippen LogP contribution in [-0.4, -0.2) is 221 Å². The van der Waals surface area contributed by atoms with E-state index in [1.165, 1.54) is 47.4 Å². The molecular formula is C56H79N10O31P. The topological polar surface area (TPSA) is 586 Å². The number of phosphoric ester groups is 1. The van der Waals surface area contributed by atoms with Crippen LogP contribution in [0.1, 0.15) is 103 Å². The van der Waals surface area contributed by atoms with Crippen molar-refractivity contribution in [2.45, 2.75) is 209 Å². The van der Waals surface area contributed by atoms with Crippen LogP contribution in [0.4, 0.5) is 0 Å². The van der Waals surface area contributed by atoms with Crippen molar-refractivity contribution in [2.24, 2.45) is 0 Å². The maximum atomic E-state index is 12.1. The molecule has 0 aromatic carbocycles. The summed E-state index contributed by atoms with van der Waals surface area (Å²) < 4.78 is 71.5. The number of hydrogen-bond donors (Lipinski definition) is 15. The number of nitrogens with one attached hydrogen (secondary N) is 5. The fourth-order valence-electron chi connectivity index (χ4n) is 11.9. The molecular weight excluding hydrogens is 1340 g/mol. The first-order valence-corrected chi connectivity index (χ1v) is 32.0. The molecule has 7 aliphatic rings. The molecule has 98 heavy (non-hydrogen) atoms. The van der Waals surface area contributed by atoms with Gasteiger partial charge in [0, 0.05) is 59.8 Å². The van der Waals surface area contributed by atoms with Gasteiger partial charge in [-0.2, -0.15) is 0 Å². The van der Waals surface area contributed by atoms with E-state index in [1.807, 2.05) is 56.5 Å². The fourth-order valence-corrected chi connectivity index (χ4v) is 12.3. The zero-order chi connectivity index (χ0) is 72.5. The highest BCUT2D eigenvalue weighted by Gasteiger charge is 2.57. The lowest BCUT2D eigenvalue weighted by Gasteiger charge is -2.25. The Morgan fingerprint density at radius 2 is 0.735 bits per heavy atom. The number of aliphatic hydroxyl groups excluding tert-OH is 8. The van der Waals surface area contributed by atoms with Gasteiger partial charge in [-0.3, -0.25) is 76.3 Å². The highest BCUT2D eigenvalue weighted by molar-refractivity contribution is 7.46. The molecule has 0 saturated carbocycles. The fraction of sp³-hybridized carbons (Fsp3) is 0.643. The predicted molar refractivity (Wildman–Crippen MR) is 327 cm³/mol. The summed E-state index contributed by atoms with van der Waals surface area (Å²) in [4.78, 5) is 142. The molecule has 12 heterocycles. The molecule has 5 aromatic rings. The molecule has 0 spiro atoms. The van der Waals surface area contributed by atoms with Crippen molar-refractivity contribution in [3.8, 4) is 0 Å². The van der Waals surface area contributed by atoms with Gasteiger partial charge in [-0.05, 0) is 61.3 Å². The average Bonchev–Trinajstić information content (AvgIpc) is 1.60. The Morgan fingerprint density at radius 3 is 1.09 bits per heavy atom. The monoisotopic (exact) mass is 1420 g/mol. The second-order valence-corrected chi connectivity index (χ2v) is 25.5. The lowest BCUT2D eigenvalue weighted by Crippen LogP contribution is -2.39. The molecule has 0 aliphatic carbocycles. The van der Waals surface area contributed by atoms with Gasteiger partial charge in [-0.25, -0.2) is 28.5 Å². The van der Waals surface area contributed by atoms with Crippen LogP contribution in [-0.2, 0) is 51.7 Å². The normalized spacial score (nSPS) is 32.5. The maximum absolute atomic E-state index is 12.1. The van der Waals surface area contributed by atoms with Gasteiger partial charge in [0.05, 0.1) is 32.0 Å². The summed E-state index contributed by atoms with van der Waals surface area (Å²) in [6, 6.07) is 6.04. The van der Waals surface area contributed by atoms with Crippen molar-refractivity contribution in [1.82, 2.24) is 47.8 Å². The summed E-state index contributed by atoms with van der Waals surface area (Å²) in [6.07, 6.45) is -13.7. The first kappa shape index (κ1) is 76.6. The van der Waals surface area contributed by atoms with Gasteiger partial charge in [-0.15, -0.1) is 0 Å². The Hall–Kier alpha value is -7.17. The Labute approximate surface area is 549 Å². The number of phosphoric acid groups is 1. The van der Waals surface area contributed by atoms with Gasteiger partial charge in [0.15, 0.2) is 42.7 Å². The molecule has 15 N–H and O–H groups in total. The number of rotatable bonds is 12. The standard InChI is InChI=1S/C14H20N2O5.C13H18N2O5.C10H15N2O9P.C10H14N2O6.C9H12N2O6/c1-5-8-10-11(21-14(3,4)20-10)12(19-8)16-7(2)6-9(17)15-13(16)18;1-4-7-9-10(20-13(2,3)19-9)11(18-7)15-6-5-8(16)14-12(15)17;1-4-2-6(13)11-10(16)12(4)9-8(15)7(14)5(21-9)3-20-22(17,18)19;1-4-2-6(14)11-10(17)12(4)9-8(16)7(15)5(3-13)18-9;12-3-4-6(14)7(15)8(17-4)11-2-1-5(13)10-9(11)16/h6,8,10-12H,5H2,1-4H3,(H,15,17,18);5-7,9-11H,4H2,1-3H3,(H,14,16,17);2,5,7-9,14-15H,3H2,1H3,(H,11,13,16)(H2,17,18,19);2,5,7-9,13,15-16H,3H2,1H3,(H,11,14,17);1-2,4,6-8,12,14-15H,3H2,(H,10,13,16)/t8-,10+,11?,12-;7-,9+,10?,11-;2*5-,7+,8?,9-;4-,6+,7?,8-/m11111/s1. The maximum Gasteiger partial charge on any atom is 0.469 e. The van der Waals surface area contributed by atoms with Crippen LogP contribution >= 0.6 is 7.82 Å². The van der Waals surface area contributed by atoms with Crippen LogP contribution in [0.3, 0.4) is 0 Å². The minimum atomic E-state index is -4.77. The molecule has 5 unspecified atom stereocenters. The van der Waals surface area contributed by atoms with Gasteiger partial charge >= 0.3 is 36.3 Å². The number of ether oxygens (including phenoxy) is 9. The van der Waals surface area contributed by atoms with Crippen molar-refractivity contribution in [1.29, 1.82) is 0 Å². The van der Waals surface area contributed by atoms with Crippen molar-refractivity contribution >= 4 is 7.82 Å². The summed E-state index contributed by atoms with van der Waals surface area (Å²) in [5, 5.41) is 76.2. The minimum Gasteiger partial charge on any atom is -0.394 e. The molecule has 544 valence electrons. The predicted octanol–water partition coefficient (Wildman–Crippen LogP) is -6.79. The van der Waals surface area contributed by atoms with Crippen LogP contribution < -0.4 is 56.2 Å². The van der Waals surface area contributed by atoms with Crippen molar-refractivity contribution in [3.05, 3.63) is 164 Å². The summed E-state index contributed by atoms with van der Waals surface area (Å²) in [5.74, 6) is -1.40. The molecule has 42 heteroatoms. The second kappa shape index (κ2) is 30.7. The van der Waals surface area contributed by atoms with E-state index in [-0.39, 0.29) is 42.3 Å². The third kappa shape index (κ3) is 17.0. The van der Waals surface area contributed by atoms with Crippen molar-refractivity contribution < 1.29 is 102 Å². The second-order valence-electron chi connectivity index (χ2n) is 24.3. The van der Waals surface area contributed by atoms with Crippen LogP contribution in [0.2, 0.25) is 0 Å². The molecule has 5 aromatic heterocycles. The number of nitrogens with zero attached hydrogens (tertiary/aromatic N) is 5. The van der Waals surface area contributed by atoms with Gasteiger partial charge < -0.3 is 93.3 Å². The molecule has 41 nitrogen and oxygen atoms in total. The number of hydrogen-bond acceptors (Lipinski definition) is 29. The van der Waals surface area contributed by atoms with Crippen molar-refractivity contribution in [2.75, 3.05) is 19.8 Å². The van der Waals surface area contributed by atoms with E-state index in [4.69, 9.17) is 62.6 Å². The third-order valence-electron chi connectivity index (χ3n) is 16.4. The zero-order valence-electron chi connectivity index (χ0n) is 53.9. The molecule has 0 bridgehead atoms. The molecule has 0 amide bonds. The highest BCUT2D eigenvalue weighted by atomic mass is 31.2. The summed E-state index contributed by atoms with van der Waals surface area (Å²) >= 11 is 0.